The van der Waals surface area contributed by atoms with Crippen LogP contribution in [0.25, 0.3) is 0 Å². The molecule has 0 saturated carbocycles. The number of hydrogen-bond acceptors (Lipinski definition) is 10. The number of rotatable bonds is 27. The Morgan fingerprint density at radius 2 is 1.32 bits per heavy atom. The molecular formula is C27H47N3O9S. The van der Waals surface area contributed by atoms with Crippen molar-refractivity contribution in [1.82, 2.24) is 16.0 Å². The van der Waals surface area contributed by atoms with Crippen LogP contribution in [0, 0.1) is 12.3 Å². The maximum atomic E-state index is 12.0. The van der Waals surface area contributed by atoms with Gasteiger partial charge < -0.3 is 49.1 Å². The van der Waals surface area contributed by atoms with Gasteiger partial charge in [-0.25, -0.2) is 4.79 Å². The second kappa shape index (κ2) is 24.0. The molecule has 0 spiro atoms. The van der Waals surface area contributed by atoms with Gasteiger partial charge in [-0.1, -0.05) is 12.3 Å². The van der Waals surface area contributed by atoms with Gasteiger partial charge in [-0.3, -0.25) is 4.79 Å². The molecule has 2 fully saturated rings. The average molecular weight is 590 g/mol. The van der Waals surface area contributed by atoms with Crippen molar-refractivity contribution in [3.63, 3.8) is 0 Å². The number of hydrogen-bond donors (Lipinski definition) is 3. The summed E-state index contributed by atoms with van der Waals surface area (Å²) in [5.41, 5.74) is 0. The number of thioether (sulfide) groups is 1. The summed E-state index contributed by atoms with van der Waals surface area (Å²) in [6.07, 6.45) is 8.43. The second-order valence-corrected chi connectivity index (χ2v) is 10.4. The van der Waals surface area contributed by atoms with Gasteiger partial charge in [0.25, 0.3) is 0 Å². The lowest BCUT2D eigenvalue weighted by atomic mass is 10.0. The van der Waals surface area contributed by atoms with Crippen LogP contribution in [0.4, 0.5) is 4.79 Å². The molecule has 0 bridgehead atoms. The number of carbonyl (C=O) groups is 2. The third-order valence-electron chi connectivity index (χ3n) is 6.07. The quantitative estimate of drug-likeness (QED) is 0.0710. The average Bonchev–Trinajstić information content (AvgIpc) is 3.50. The molecule has 2 aliphatic heterocycles. The normalized spacial score (nSPS) is 19.7. The van der Waals surface area contributed by atoms with Crippen LogP contribution in [-0.4, -0.2) is 134 Å². The lowest BCUT2D eigenvalue weighted by Crippen LogP contribution is -2.36. The zero-order valence-electron chi connectivity index (χ0n) is 23.5. The van der Waals surface area contributed by atoms with Gasteiger partial charge in [-0.05, 0) is 12.8 Å². The Morgan fingerprint density at radius 3 is 1.88 bits per heavy atom. The predicted octanol–water partition coefficient (Wildman–Crippen LogP) is 0.578. The van der Waals surface area contributed by atoms with Crippen molar-refractivity contribution in [2.24, 2.45) is 0 Å². The minimum absolute atomic E-state index is 0.0467. The lowest BCUT2D eigenvalue weighted by Gasteiger charge is -2.16. The highest BCUT2D eigenvalue weighted by molar-refractivity contribution is 8.00. The Labute approximate surface area is 242 Å². The summed E-state index contributed by atoms with van der Waals surface area (Å²) in [6.45, 7) is 7.18. The van der Waals surface area contributed by atoms with E-state index >= 15 is 0 Å². The summed E-state index contributed by atoms with van der Waals surface area (Å²) in [4.78, 5) is 23.4. The van der Waals surface area contributed by atoms with Crippen LogP contribution < -0.4 is 16.0 Å². The van der Waals surface area contributed by atoms with E-state index in [1.807, 2.05) is 11.8 Å². The van der Waals surface area contributed by atoms with E-state index in [4.69, 9.17) is 39.6 Å². The molecule has 0 aliphatic carbocycles. The first-order chi connectivity index (χ1) is 19.7. The van der Waals surface area contributed by atoms with Gasteiger partial charge in [0.05, 0.1) is 98.0 Å². The van der Waals surface area contributed by atoms with Crippen LogP contribution in [0.3, 0.4) is 0 Å². The molecule has 0 unspecified atom stereocenters. The summed E-state index contributed by atoms with van der Waals surface area (Å²) in [5.74, 6) is 3.40. The molecule has 0 aromatic heterocycles. The fourth-order valence-electron chi connectivity index (χ4n) is 4.08. The molecule has 2 saturated heterocycles. The van der Waals surface area contributed by atoms with Crippen LogP contribution in [0.15, 0.2) is 0 Å². The Balaban J connectivity index is 1.21. The minimum Gasteiger partial charge on any atom is -0.377 e. The van der Waals surface area contributed by atoms with Crippen molar-refractivity contribution in [3.8, 4) is 12.3 Å². The summed E-state index contributed by atoms with van der Waals surface area (Å²) in [6, 6.07) is 0.420. The maximum Gasteiger partial charge on any atom is 0.315 e. The van der Waals surface area contributed by atoms with Gasteiger partial charge in [0.15, 0.2) is 0 Å². The van der Waals surface area contributed by atoms with E-state index in [1.54, 1.807) is 0 Å². The summed E-state index contributed by atoms with van der Waals surface area (Å²) >= 11 is 1.90. The largest absolute Gasteiger partial charge is 0.377 e. The second-order valence-electron chi connectivity index (χ2n) is 9.15. The van der Waals surface area contributed by atoms with Crippen molar-refractivity contribution >= 4 is 23.7 Å². The minimum atomic E-state index is -0.0582. The SMILES string of the molecule is C#CCOCCOCCOCCOCCOCCOCCOCCNC(=O)CCCC[C@@H]1SC[C@@H]2NC(=O)N[C@@H]21. The maximum absolute atomic E-state index is 12.0. The molecule has 0 radical (unpaired) electrons. The van der Waals surface area contributed by atoms with E-state index < -0.39 is 0 Å². The Bertz CT molecular complexity index is 713. The fourth-order valence-corrected chi connectivity index (χ4v) is 5.62. The van der Waals surface area contributed by atoms with E-state index in [1.165, 1.54) is 0 Å². The highest BCUT2D eigenvalue weighted by Crippen LogP contribution is 2.33. The Morgan fingerprint density at radius 1 is 0.800 bits per heavy atom. The van der Waals surface area contributed by atoms with Gasteiger partial charge >= 0.3 is 6.03 Å². The van der Waals surface area contributed by atoms with E-state index in [9.17, 15) is 9.59 Å². The molecule has 40 heavy (non-hydrogen) atoms. The zero-order valence-corrected chi connectivity index (χ0v) is 24.4. The monoisotopic (exact) mass is 589 g/mol. The summed E-state index contributed by atoms with van der Waals surface area (Å²) in [5, 5.41) is 9.28. The lowest BCUT2D eigenvalue weighted by molar-refractivity contribution is -0.121. The number of unbranched alkanes of at least 4 members (excludes halogenated alkanes) is 1. The first-order valence-corrected chi connectivity index (χ1v) is 15.2. The Hall–Kier alpha value is -1.63. The predicted molar refractivity (Wildman–Crippen MR) is 152 cm³/mol. The molecule has 13 heteroatoms. The number of fused-ring (bicyclic) bond motifs is 1. The van der Waals surface area contributed by atoms with Crippen molar-refractivity contribution in [2.45, 2.75) is 43.0 Å². The first kappa shape index (κ1) is 34.6. The van der Waals surface area contributed by atoms with Gasteiger partial charge in [0, 0.05) is 24.0 Å². The fraction of sp³-hybridized carbons (Fsp3) is 0.852. The molecule has 3 N–H and O–H groups in total. The molecule has 2 aliphatic rings. The number of amides is 3. The van der Waals surface area contributed by atoms with Gasteiger partial charge in [-0.15, -0.1) is 6.42 Å². The first-order valence-electron chi connectivity index (χ1n) is 14.1. The highest BCUT2D eigenvalue weighted by atomic mass is 32.2. The number of urea groups is 1. The van der Waals surface area contributed by atoms with E-state index in [2.05, 4.69) is 21.9 Å². The highest BCUT2D eigenvalue weighted by Gasteiger charge is 2.42. The summed E-state index contributed by atoms with van der Waals surface area (Å²) in [7, 11) is 0. The number of ether oxygens (including phenoxy) is 7. The summed E-state index contributed by atoms with van der Waals surface area (Å²) < 4.78 is 37.7. The zero-order chi connectivity index (χ0) is 28.5. The molecule has 2 heterocycles. The van der Waals surface area contributed by atoms with Crippen LogP contribution in [0.2, 0.25) is 0 Å². The van der Waals surface area contributed by atoms with E-state index in [0.717, 1.165) is 25.0 Å². The molecule has 230 valence electrons. The number of terminal acetylenes is 1. The standard InChI is InChI=1S/C27H47N3O9S/c1-2-8-33-10-12-35-14-16-37-18-20-39-21-19-38-17-15-36-13-11-34-9-7-28-25(31)6-4-3-5-24-26-23(22-40-24)29-27(32)30-26/h1,23-24,26H,3-22H2,(H,28,31)(H2,29,30,32)/t23-,24-,26-/m0/s1. The molecule has 12 nitrogen and oxygen atoms in total. The van der Waals surface area contributed by atoms with Crippen molar-refractivity contribution < 1.29 is 42.7 Å². The molecule has 3 atom stereocenters. The molecule has 3 amide bonds. The number of carbonyl (C=O) groups excluding carboxylic acids is 2. The van der Waals surface area contributed by atoms with Crippen molar-refractivity contribution in [1.29, 1.82) is 0 Å². The van der Waals surface area contributed by atoms with Crippen LogP contribution >= 0.6 is 11.8 Å². The molecular weight excluding hydrogens is 542 g/mol. The third kappa shape index (κ3) is 17.2. The van der Waals surface area contributed by atoms with Crippen LogP contribution in [0.1, 0.15) is 25.7 Å². The van der Waals surface area contributed by atoms with Gasteiger partial charge in [0.2, 0.25) is 5.91 Å². The number of nitrogens with one attached hydrogen (secondary N) is 3. The third-order valence-corrected chi connectivity index (χ3v) is 7.58. The van der Waals surface area contributed by atoms with Gasteiger partial charge in [0.1, 0.15) is 6.61 Å². The smallest absolute Gasteiger partial charge is 0.315 e. The van der Waals surface area contributed by atoms with Gasteiger partial charge in [-0.2, -0.15) is 11.8 Å². The van der Waals surface area contributed by atoms with E-state index in [-0.39, 0.29) is 24.0 Å². The van der Waals surface area contributed by atoms with Crippen LogP contribution in [0.5, 0.6) is 0 Å². The van der Waals surface area contributed by atoms with Crippen molar-refractivity contribution in [3.05, 3.63) is 0 Å². The Kier molecular flexibility index (Phi) is 20.8. The van der Waals surface area contributed by atoms with Crippen molar-refractivity contribution in [2.75, 3.05) is 105 Å². The molecule has 2 rings (SSSR count). The molecule has 0 aromatic rings. The van der Waals surface area contributed by atoms with E-state index in [0.29, 0.717) is 111 Å². The molecule has 0 aromatic carbocycles. The topological polar surface area (TPSA) is 135 Å². The van der Waals surface area contributed by atoms with Crippen LogP contribution in [-0.2, 0) is 38.0 Å².